The average Bonchev–Trinajstić information content (AvgIpc) is 3.48. The molecule has 1 aliphatic rings. The van der Waals surface area contributed by atoms with Gasteiger partial charge in [-0.25, -0.2) is 4.39 Å². The van der Waals surface area contributed by atoms with E-state index in [0.29, 0.717) is 32.3 Å². The van der Waals surface area contributed by atoms with Gasteiger partial charge in [-0.3, -0.25) is 24.0 Å². The van der Waals surface area contributed by atoms with Crippen molar-refractivity contribution in [3.63, 3.8) is 0 Å². The molecule has 10 heteroatoms. The van der Waals surface area contributed by atoms with Gasteiger partial charge in [-0.1, -0.05) is 35.9 Å². The molecule has 188 valence electrons. The summed E-state index contributed by atoms with van der Waals surface area (Å²) >= 11 is 7.61. The van der Waals surface area contributed by atoms with Gasteiger partial charge in [0.25, 0.3) is 17.7 Å². The van der Waals surface area contributed by atoms with Gasteiger partial charge in [0.15, 0.2) is 0 Å². The summed E-state index contributed by atoms with van der Waals surface area (Å²) in [6.45, 7) is 1.84. The zero-order valence-corrected chi connectivity index (χ0v) is 21.6. The predicted octanol–water partition coefficient (Wildman–Crippen LogP) is 4.89. The lowest BCUT2D eigenvalue weighted by atomic mass is 10.0. The molecule has 37 heavy (non-hydrogen) atoms. The maximum Gasteiger partial charge on any atom is 0.261 e. The molecule has 3 heterocycles. The minimum Gasteiger partial charge on any atom is -0.346 e. The van der Waals surface area contributed by atoms with Gasteiger partial charge in [-0.05, 0) is 49.2 Å². The summed E-state index contributed by atoms with van der Waals surface area (Å²) in [6, 6.07) is 13.7. The van der Waals surface area contributed by atoms with Crippen molar-refractivity contribution in [3.05, 3.63) is 98.1 Å². The second kappa shape index (κ2) is 9.91. The molecule has 2 aromatic heterocycles. The molecule has 0 spiro atoms. The number of thiophene rings is 1. The van der Waals surface area contributed by atoms with E-state index in [9.17, 15) is 18.8 Å². The largest absolute Gasteiger partial charge is 0.346 e. The van der Waals surface area contributed by atoms with Crippen LogP contribution in [0.25, 0.3) is 11.3 Å². The Bertz CT molecular complexity index is 1490. The van der Waals surface area contributed by atoms with Crippen LogP contribution in [-0.4, -0.2) is 45.0 Å². The standard InChI is InChI=1S/C27H22ClFN4O3S/c1-15-21(24-22(28)13-30-32(24)2)12-23(37-15)25(34)31-18(11-16-6-5-7-17(29)10-16)14-33-26(35)19-8-3-4-9-20(19)27(33)36/h3-10,12-13,18H,11,14H2,1-2H3,(H,31,34)/t18-/m0/s1. The Hall–Kier alpha value is -3.82. The lowest BCUT2D eigenvalue weighted by Crippen LogP contribution is -2.46. The minimum absolute atomic E-state index is 0.0562. The van der Waals surface area contributed by atoms with Crippen LogP contribution in [-0.2, 0) is 13.5 Å². The summed E-state index contributed by atoms with van der Waals surface area (Å²) in [7, 11) is 1.77. The molecule has 5 rings (SSSR count). The van der Waals surface area contributed by atoms with Gasteiger partial charge in [0, 0.05) is 24.0 Å². The van der Waals surface area contributed by atoms with Gasteiger partial charge < -0.3 is 5.32 Å². The highest BCUT2D eigenvalue weighted by atomic mass is 35.5. The fraction of sp³-hybridized carbons (Fsp3) is 0.185. The van der Waals surface area contributed by atoms with Gasteiger partial charge in [-0.2, -0.15) is 5.10 Å². The van der Waals surface area contributed by atoms with Crippen molar-refractivity contribution in [2.45, 2.75) is 19.4 Å². The number of amides is 3. The fourth-order valence-electron chi connectivity index (χ4n) is 4.53. The van der Waals surface area contributed by atoms with E-state index >= 15 is 0 Å². The number of aryl methyl sites for hydroxylation is 2. The summed E-state index contributed by atoms with van der Waals surface area (Å²) in [6.07, 6.45) is 1.77. The van der Waals surface area contributed by atoms with Crippen molar-refractivity contribution in [2.75, 3.05) is 6.54 Å². The lowest BCUT2D eigenvalue weighted by molar-refractivity contribution is 0.0629. The first kappa shape index (κ1) is 24.9. The first-order valence-corrected chi connectivity index (χ1v) is 12.7. The summed E-state index contributed by atoms with van der Waals surface area (Å²) < 4.78 is 15.5. The second-order valence-electron chi connectivity index (χ2n) is 8.82. The van der Waals surface area contributed by atoms with E-state index in [1.54, 1.807) is 60.4 Å². The fourth-order valence-corrected chi connectivity index (χ4v) is 5.73. The Morgan fingerprint density at radius 2 is 1.78 bits per heavy atom. The quantitative estimate of drug-likeness (QED) is 0.341. The molecule has 4 aromatic rings. The number of carbonyl (C=O) groups is 3. The number of nitrogens with zero attached hydrogens (tertiary/aromatic N) is 3. The molecule has 1 aliphatic heterocycles. The molecule has 0 saturated carbocycles. The summed E-state index contributed by atoms with van der Waals surface area (Å²) in [5.41, 5.74) is 2.79. The molecule has 0 saturated heterocycles. The maximum absolute atomic E-state index is 13.9. The zero-order chi connectivity index (χ0) is 26.3. The number of halogens is 2. The number of hydrogen-bond acceptors (Lipinski definition) is 5. The highest BCUT2D eigenvalue weighted by Crippen LogP contribution is 2.35. The SMILES string of the molecule is Cc1sc(C(=O)N[C@@H](Cc2cccc(F)c2)CN2C(=O)c3ccccc3C2=O)cc1-c1c(Cl)cnn1C. The topological polar surface area (TPSA) is 84.3 Å². The van der Waals surface area contributed by atoms with E-state index in [-0.39, 0.29) is 18.9 Å². The van der Waals surface area contributed by atoms with E-state index in [0.717, 1.165) is 15.3 Å². The Balaban J connectivity index is 1.42. The van der Waals surface area contributed by atoms with Crippen molar-refractivity contribution in [2.24, 2.45) is 7.05 Å². The Kier molecular flexibility index (Phi) is 6.66. The molecule has 0 aliphatic carbocycles. The number of fused-ring (bicyclic) bond motifs is 1. The van der Waals surface area contributed by atoms with Crippen LogP contribution in [0.15, 0.2) is 60.8 Å². The van der Waals surface area contributed by atoms with Gasteiger partial charge >= 0.3 is 0 Å². The molecular weight excluding hydrogens is 515 g/mol. The molecule has 1 atom stereocenters. The van der Waals surface area contributed by atoms with Crippen molar-refractivity contribution in [3.8, 4) is 11.3 Å². The Labute approximate surface area is 221 Å². The van der Waals surface area contributed by atoms with Crippen LogP contribution < -0.4 is 5.32 Å². The van der Waals surface area contributed by atoms with Crippen LogP contribution in [0.3, 0.4) is 0 Å². The van der Waals surface area contributed by atoms with Gasteiger partial charge in [0.1, 0.15) is 5.82 Å². The number of hydrogen-bond donors (Lipinski definition) is 1. The van der Waals surface area contributed by atoms with E-state index in [1.165, 1.54) is 23.5 Å². The minimum atomic E-state index is -0.650. The highest BCUT2D eigenvalue weighted by molar-refractivity contribution is 7.14. The average molecular weight is 537 g/mol. The normalized spacial score (nSPS) is 13.7. The number of nitrogens with one attached hydrogen (secondary N) is 1. The molecular formula is C27H22ClFN4O3S. The summed E-state index contributed by atoms with van der Waals surface area (Å²) in [5, 5.41) is 7.60. The van der Waals surface area contributed by atoms with Crippen molar-refractivity contribution >= 4 is 40.7 Å². The number of aromatic nitrogens is 2. The Morgan fingerprint density at radius 1 is 1.08 bits per heavy atom. The third kappa shape index (κ3) is 4.80. The van der Waals surface area contributed by atoms with Crippen LogP contribution in [0, 0.1) is 12.7 Å². The van der Waals surface area contributed by atoms with Crippen molar-refractivity contribution in [1.82, 2.24) is 20.0 Å². The molecule has 0 unspecified atom stereocenters. The monoisotopic (exact) mass is 536 g/mol. The Morgan fingerprint density at radius 3 is 2.41 bits per heavy atom. The number of benzene rings is 2. The van der Waals surface area contributed by atoms with Gasteiger partial charge in [-0.15, -0.1) is 11.3 Å². The van der Waals surface area contributed by atoms with Crippen molar-refractivity contribution < 1.29 is 18.8 Å². The van der Waals surface area contributed by atoms with Crippen LogP contribution in [0.2, 0.25) is 5.02 Å². The first-order valence-electron chi connectivity index (χ1n) is 11.5. The number of imide groups is 1. The first-order chi connectivity index (χ1) is 17.7. The highest BCUT2D eigenvalue weighted by Gasteiger charge is 2.36. The van der Waals surface area contributed by atoms with Crippen LogP contribution in [0.4, 0.5) is 4.39 Å². The van der Waals surface area contributed by atoms with Crippen LogP contribution in [0.5, 0.6) is 0 Å². The lowest BCUT2D eigenvalue weighted by Gasteiger charge is -2.24. The number of carbonyl (C=O) groups excluding carboxylic acids is 3. The molecule has 0 bridgehead atoms. The second-order valence-corrected chi connectivity index (χ2v) is 10.5. The number of rotatable bonds is 7. The molecule has 0 radical (unpaired) electrons. The third-order valence-electron chi connectivity index (χ3n) is 6.28. The predicted molar refractivity (Wildman–Crippen MR) is 139 cm³/mol. The summed E-state index contributed by atoms with van der Waals surface area (Å²) in [5.74, 6) is -1.61. The van der Waals surface area contributed by atoms with Crippen LogP contribution >= 0.6 is 22.9 Å². The van der Waals surface area contributed by atoms with E-state index in [4.69, 9.17) is 11.6 Å². The van der Waals surface area contributed by atoms with Crippen LogP contribution in [0.1, 0.15) is 40.8 Å². The van der Waals surface area contributed by atoms with E-state index in [2.05, 4.69) is 10.4 Å². The van der Waals surface area contributed by atoms with Crippen molar-refractivity contribution in [1.29, 1.82) is 0 Å². The molecule has 7 nitrogen and oxygen atoms in total. The van der Waals surface area contributed by atoms with E-state index in [1.807, 2.05) is 6.92 Å². The smallest absolute Gasteiger partial charge is 0.261 e. The van der Waals surface area contributed by atoms with Gasteiger partial charge in [0.2, 0.25) is 0 Å². The molecule has 2 aromatic carbocycles. The molecule has 3 amide bonds. The molecule has 1 N–H and O–H groups in total. The molecule has 0 fully saturated rings. The third-order valence-corrected chi connectivity index (χ3v) is 7.60. The van der Waals surface area contributed by atoms with E-state index < -0.39 is 23.7 Å². The zero-order valence-electron chi connectivity index (χ0n) is 20.0. The summed E-state index contributed by atoms with van der Waals surface area (Å²) in [4.78, 5) is 41.7. The maximum atomic E-state index is 13.9. The van der Waals surface area contributed by atoms with Gasteiger partial charge in [0.05, 0.1) is 39.0 Å².